The third kappa shape index (κ3) is 6.40. The van der Waals surface area contributed by atoms with Gasteiger partial charge in [-0.3, -0.25) is 9.59 Å². The Morgan fingerprint density at radius 3 is 2.41 bits per heavy atom. The van der Waals surface area contributed by atoms with E-state index in [1.165, 1.54) is 23.3 Å². The fourth-order valence-corrected chi connectivity index (χ4v) is 6.57. The molecule has 2 heterocycles. The molecule has 0 saturated carbocycles. The Kier molecular flexibility index (Phi) is 8.28. The lowest BCUT2D eigenvalue weighted by molar-refractivity contribution is -0.137. The maximum Gasteiger partial charge on any atom is 0.416 e. The zero-order valence-electron chi connectivity index (χ0n) is 24.8. The summed E-state index contributed by atoms with van der Waals surface area (Å²) in [5.74, 6) is 0.219. The molecule has 3 aromatic rings. The Bertz CT molecular complexity index is 1500. The van der Waals surface area contributed by atoms with Crippen LogP contribution in [0, 0.1) is 0 Å². The van der Waals surface area contributed by atoms with Gasteiger partial charge in [-0.15, -0.1) is 0 Å². The van der Waals surface area contributed by atoms with Crippen molar-refractivity contribution in [1.29, 1.82) is 0 Å². The van der Waals surface area contributed by atoms with Crippen molar-refractivity contribution >= 4 is 17.5 Å². The number of alkyl halides is 3. The number of ether oxygens (including phenoxy) is 2. The minimum Gasteiger partial charge on any atom is -0.490 e. The predicted molar refractivity (Wildman–Crippen MR) is 160 cm³/mol. The minimum absolute atomic E-state index is 0.0271. The van der Waals surface area contributed by atoms with E-state index in [1.807, 2.05) is 30.1 Å². The van der Waals surface area contributed by atoms with Gasteiger partial charge in [0, 0.05) is 32.4 Å². The molecule has 2 amide bonds. The van der Waals surface area contributed by atoms with Gasteiger partial charge in [-0.2, -0.15) is 13.2 Å². The second kappa shape index (κ2) is 12.1. The quantitative estimate of drug-likeness (QED) is 0.407. The summed E-state index contributed by atoms with van der Waals surface area (Å²) in [4.78, 5) is 30.1. The molecule has 232 valence electrons. The summed E-state index contributed by atoms with van der Waals surface area (Å²) >= 11 is 0. The number of likely N-dealkylation sites (N-methyl/N-ethyl adjacent to an activating group) is 1. The molecule has 1 fully saturated rings. The number of fused-ring (bicyclic) bond motifs is 3. The number of rotatable bonds is 6. The highest BCUT2D eigenvalue weighted by molar-refractivity contribution is 5.98. The molecule has 6 rings (SSSR count). The van der Waals surface area contributed by atoms with Crippen molar-refractivity contribution in [2.45, 2.75) is 69.1 Å². The molecule has 3 atom stereocenters. The van der Waals surface area contributed by atoms with Gasteiger partial charge in [-0.25, -0.2) is 0 Å². The van der Waals surface area contributed by atoms with Crippen LogP contribution in [0.2, 0.25) is 0 Å². The molecular weight excluding hydrogens is 571 g/mol. The summed E-state index contributed by atoms with van der Waals surface area (Å²) in [7, 11) is 3.59. The van der Waals surface area contributed by atoms with Gasteiger partial charge in [-0.1, -0.05) is 36.4 Å². The highest BCUT2D eigenvalue weighted by Gasteiger charge is 2.39. The number of hydrogen-bond acceptors (Lipinski definition) is 5. The Balaban J connectivity index is 1.07. The average Bonchev–Trinajstić information content (AvgIpc) is 3.40. The third-order valence-electron chi connectivity index (χ3n) is 8.97. The van der Waals surface area contributed by atoms with Crippen molar-refractivity contribution in [2.75, 3.05) is 25.6 Å². The molecule has 1 N–H and O–H groups in total. The lowest BCUT2D eigenvalue weighted by Crippen LogP contribution is -2.54. The largest absolute Gasteiger partial charge is 0.490 e. The fourth-order valence-electron chi connectivity index (χ4n) is 6.57. The van der Waals surface area contributed by atoms with Crippen LogP contribution in [0.5, 0.6) is 5.75 Å². The molecule has 1 saturated heterocycles. The van der Waals surface area contributed by atoms with Crippen LogP contribution in [-0.2, 0) is 35.1 Å². The molecule has 2 aliphatic heterocycles. The van der Waals surface area contributed by atoms with E-state index in [2.05, 4.69) is 17.4 Å². The Hall–Kier alpha value is -4.05. The van der Waals surface area contributed by atoms with Crippen LogP contribution in [-0.4, -0.2) is 61.7 Å². The first-order chi connectivity index (χ1) is 21.0. The first kappa shape index (κ1) is 30.0. The Morgan fingerprint density at radius 2 is 1.73 bits per heavy atom. The summed E-state index contributed by atoms with van der Waals surface area (Å²) in [6, 6.07) is 18.6. The number of benzene rings is 3. The normalized spacial score (nSPS) is 21.8. The number of hydrogen-bond donors (Lipinski definition) is 1. The van der Waals surface area contributed by atoms with Crippen molar-refractivity contribution in [3.05, 3.63) is 94.5 Å². The van der Waals surface area contributed by atoms with Crippen molar-refractivity contribution in [1.82, 2.24) is 10.2 Å². The second-order valence-electron chi connectivity index (χ2n) is 12.0. The standard InChI is InChI=1S/C34H36F3N3O4/c1-39(19-21-7-9-24(10-8-21)34(35,36)37)26-11-14-30-28(17-26)33(42)40(2)29-13-12-27(44-31(29)20-43-30)18-32(41)38-25-15-22-5-3-4-6-23(22)16-25/h3-11,14,17,25,27,29,31H,12-13,15-16,18-20H2,1-2H3,(H,38,41)/t27-,29-,31-/m0/s1. The van der Waals surface area contributed by atoms with E-state index in [0.717, 1.165) is 30.7 Å². The van der Waals surface area contributed by atoms with Gasteiger partial charge in [0.05, 0.1) is 29.7 Å². The van der Waals surface area contributed by atoms with Crippen molar-refractivity contribution in [2.24, 2.45) is 0 Å². The van der Waals surface area contributed by atoms with Crippen LogP contribution in [0.15, 0.2) is 66.7 Å². The number of anilines is 1. The second-order valence-corrected chi connectivity index (χ2v) is 12.0. The van der Waals surface area contributed by atoms with Crippen LogP contribution in [0.3, 0.4) is 0 Å². The van der Waals surface area contributed by atoms with Crippen LogP contribution < -0.4 is 15.0 Å². The molecule has 7 nitrogen and oxygen atoms in total. The number of nitrogens with zero attached hydrogens (tertiary/aromatic N) is 2. The van der Waals surface area contributed by atoms with Crippen molar-refractivity contribution in [3.63, 3.8) is 0 Å². The van der Waals surface area contributed by atoms with Crippen LogP contribution in [0.4, 0.5) is 18.9 Å². The van der Waals surface area contributed by atoms with Crippen molar-refractivity contribution < 1.29 is 32.2 Å². The summed E-state index contributed by atoms with van der Waals surface area (Å²) in [6.45, 7) is 0.606. The molecule has 3 aromatic carbocycles. The molecule has 3 aliphatic rings. The van der Waals surface area contributed by atoms with E-state index < -0.39 is 11.7 Å². The highest BCUT2D eigenvalue weighted by Crippen LogP contribution is 2.34. The van der Waals surface area contributed by atoms with E-state index in [9.17, 15) is 22.8 Å². The molecule has 0 unspecified atom stereocenters. The van der Waals surface area contributed by atoms with E-state index in [-0.39, 0.29) is 49.1 Å². The first-order valence-electron chi connectivity index (χ1n) is 15.0. The summed E-state index contributed by atoms with van der Waals surface area (Å²) in [6.07, 6.45) is -1.73. The monoisotopic (exact) mass is 607 g/mol. The molecule has 0 radical (unpaired) electrons. The summed E-state index contributed by atoms with van der Waals surface area (Å²) in [5, 5.41) is 3.17. The van der Waals surface area contributed by atoms with Gasteiger partial charge >= 0.3 is 6.18 Å². The molecule has 44 heavy (non-hydrogen) atoms. The van der Waals surface area contributed by atoms with Gasteiger partial charge in [0.25, 0.3) is 5.91 Å². The maximum absolute atomic E-state index is 13.7. The van der Waals surface area contributed by atoms with E-state index in [4.69, 9.17) is 9.47 Å². The maximum atomic E-state index is 13.7. The first-order valence-corrected chi connectivity index (χ1v) is 15.0. The van der Waals surface area contributed by atoms with E-state index >= 15 is 0 Å². The number of carbonyl (C=O) groups is 2. The zero-order chi connectivity index (χ0) is 31.0. The van der Waals surface area contributed by atoms with Gasteiger partial charge < -0.3 is 24.6 Å². The number of halogens is 3. The molecule has 1 aliphatic carbocycles. The van der Waals surface area contributed by atoms with Crippen molar-refractivity contribution in [3.8, 4) is 5.75 Å². The fraction of sp³-hybridized carbons (Fsp3) is 0.412. The van der Waals surface area contributed by atoms with Crippen LogP contribution >= 0.6 is 0 Å². The van der Waals surface area contributed by atoms with Crippen LogP contribution in [0.1, 0.15) is 51.9 Å². The van der Waals surface area contributed by atoms with Gasteiger partial charge in [0.15, 0.2) is 0 Å². The SMILES string of the molecule is CN(Cc1ccc(C(F)(F)F)cc1)c1ccc2c(c1)C(=O)N(C)[C@H]1CC[C@@H](CC(=O)NC3Cc4ccccc4C3)O[C@H]1CO2. The lowest BCUT2D eigenvalue weighted by atomic mass is 9.94. The van der Waals surface area contributed by atoms with Gasteiger partial charge in [0.1, 0.15) is 18.5 Å². The highest BCUT2D eigenvalue weighted by atomic mass is 19.4. The third-order valence-corrected chi connectivity index (χ3v) is 8.97. The number of carbonyl (C=O) groups excluding carboxylic acids is 2. The average molecular weight is 608 g/mol. The summed E-state index contributed by atoms with van der Waals surface area (Å²) < 4.78 is 51.3. The molecule has 0 spiro atoms. The minimum atomic E-state index is -4.38. The summed E-state index contributed by atoms with van der Waals surface area (Å²) in [5.41, 5.74) is 3.75. The van der Waals surface area contributed by atoms with Crippen LogP contribution in [0.25, 0.3) is 0 Å². The van der Waals surface area contributed by atoms with Gasteiger partial charge in [0.2, 0.25) is 5.91 Å². The Morgan fingerprint density at radius 1 is 1.02 bits per heavy atom. The van der Waals surface area contributed by atoms with Gasteiger partial charge in [-0.05, 0) is 72.7 Å². The number of amides is 2. The topological polar surface area (TPSA) is 71.1 Å². The Labute approximate surface area is 254 Å². The molecular formula is C34H36F3N3O4. The van der Waals surface area contributed by atoms with E-state index in [1.54, 1.807) is 24.1 Å². The molecule has 0 bridgehead atoms. The predicted octanol–water partition coefficient (Wildman–Crippen LogP) is 5.40. The lowest BCUT2D eigenvalue weighted by Gasteiger charge is -2.42. The molecule has 0 aromatic heterocycles. The molecule has 10 heteroatoms. The number of nitrogens with one attached hydrogen (secondary N) is 1. The zero-order valence-corrected chi connectivity index (χ0v) is 24.8. The smallest absolute Gasteiger partial charge is 0.416 e. The van der Waals surface area contributed by atoms with E-state index in [0.29, 0.717) is 36.3 Å².